The second-order valence-electron chi connectivity index (χ2n) is 4.28. The third kappa shape index (κ3) is 2.92. The Balaban J connectivity index is 3.13. The Morgan fingerprint density at radius 1 is 1.38 bits per heavy atom. The molecule has 1 heterocycles. The fourth-order valence-electron chi connectivity index (χ4n) is 1.37. The van der Waals surface area contributed by atoms with E-state index in [1.165, 1.54) is 0 Å². The smallest absolute Gasteiger partial charge is 0.162 e. The molecule has 0 aliphatic heterocycles. The van der Waals surface area contributed by atoms with Crippen LogP contribution in [0, 0.1) is 0 Å². The van der Waals surface area contributed by atoms with E-state index >= 15 is 0 Å². The summed E-state index contributed by atoms with van der Waals surface area (Å²) >= 11 is 0. The lowest BCUT2D eigenvalue weighted by Crippen LogP contribution is -2.24. The molecule has 1 rings (SSSR count). The van der Waals surface area contributed by atoms with Crippen LogP contribution in [0.5, 0.6) is 0 Å². The first kappa shape index (κ1) is 12.9. The van der Waals surface area contributed by atoms with Crippen molar-refractivity contribution in [3.63, 3.8) is 0 Å². The number of aromatic nitrogens is 2. The van der Waals surface area contributed by atoms with Crippen molar-refractivity contribution in [1.29, 1.82) is 0 Å². The van der Waals surface area contributed by atoms with Crippen molar-refractivity contribution in [1.82, 2.24) is 9.97 Å². The molecule has 0 fully saturated rings. The molecule has 0 radical (unpaired) electrons. The van der Waals surface area contributed by atoms with Gasteiger partial charge in [-0.25, -0.2) is 9.97 Å². The zero-order chi connectivity index (χ0) is 12.2. The molecular weight excluding hydrogens is 202 g/mol. The summed E-state index contributed by atoms with van der Waals surface area (Å²) in [6, 6.07) is 1.98. The zero-order valence-electron chi connectivity index (χ0n) is 10.8. The lowest BCUT2D eigenvalue weighted by atomic mass is 10.1. The maximum atomic E-state index is 5.40. The van der Waals surface area contributed by atoms with Crippen molar-refractivity contribution in [3.05, 3.63) is 17.6 Å². The number of nitrogens with one attached hydrogen (secondary N) is 1. The Kier molecular flexibility index (Phi) is 4.24. The average Bonchev–Trinajstić information content (AvgIpc) is 2.29. The molecule has 1 aromatic rings. The first-order chi connectivity index (χ1) is 7.53. The quantitative estimate of drug-likeness (QED) is 0.832. The van der Waals surface area contributed by atoms with Crippen LogP contribution < -0.4 is 5.32 Å². The number of ether oxygens (including phenoxy) is 1. The van der Waals surface area contributed by atoms with Gasteiger partial charge in [0.2, 0.25) is 0 Å². The van der Waals surface area contributed by atoms with Gasteiger partial charge >= 0.3 is 0 Å². The van der Waals surface area contributed by atoms with Gasteiger partial charge < -0.3 is 10.1 Å². The van der Waals surface area contributed by atoms with Crippen LogP contribution >= 0.6 is 0 Å². The van der Waals surface area contributed by atoms with E-state index in [9.17, 15) is 0 Å². The Hall–Kier alpha value is -1.16. The number of methoxy groups -OCH3 is 1. The van der Waals surface area contributed by atoms with Gasteiger partial charge in [-0.1, -0.05) is 13.3 Å². The highest BCUT2D eigenvalue weighted by Crippen LogP contribution is 2.22. The lowest BCUT2D eigenvalue weighted by Gasteiger charge is -2.22. The van der Waals surface area contributed by atoms with Crippen LogP contribution in [-0.4, -0.2) is 24.1 Å². The predicted octanol–water partition coefficient (Wildman–Crippen LogP) is 2.35. The Morgan fingerprint density at radius 3 is 2.56 bits per heavy atom. The van der Waals surface area contributed by atoms with Gasteiger partial charge in [0.15, 0.2) is 5.82 Å². The third-order valence-corrected chi connectivity index (χ3v) is 2.59. The van der Waals surface area contributed by atoms with E-state index in [-0.39, 0.29) is 0 Å². The van der Waals surface area contributed by atoms with E-state index in [0.29, 0.717) is 0 Å². The van der Waals surface area contributed by atoms with E-state index in [0.717, 1.165) is 30.2 Å². The van der Waals surface area contributed by atoms with Crippen LogP contribution in [-0.2, 0) is 16.8 Å². The third-order valence-electron chi connectivity index (χ3n) is 2.59. The van der Waals surface area contributed by atoms with Crippen molar-refractivity contribution in [2.75, 3.05) is 19.5 Å². The lowest BCUT2D eigenvalue weighted by molar-refractivity contribution is 0.0114. The highest BCUT2D eigenvalue weighted by molar-refractivity contribution is 5.36. The largest absolute Gasteiger partial charge is 0.373 e. The topological polar surface area (TPSA) is 47.0 Å². The molecule has 16 heavy (non-hydrogen) atoms. The summed E-state index contributed by atoms with van der Waals surface area (Å²) in [5.74, 6) is 1.57. The number of hydrogen-bond donors (Lipinski definition) is 1. The Labute approximate surface area is 97.5 Å². The Morgan fingerprint density at radius 2 is 2.06 bits per heavy atom. The summed E-state index contributed by atoms with van der Waals surface area (Å²) < 4.78 is 5.40. The van der Waals surface area contributed by atoms with Gasteiger partial charge in [-0.05, 0) is 20.3 Å². The van der Waals surface area contributed by atoms with E-state index < -0.39 is 5.60 Å². The van der Waals surface area contributed by atoms with Crippen molar-refractivity contribution in [2.24, 2.45) is 0 Å². The van der Waals surface area contributed by atoms with Crippen molar-refractivity contribution in [2.45, 2.75) is 39.2 Å². The highest BCUT2D eigenvalue weighted by atomic mass is 16.5. The summed E-state index contributed by atoms with van der Waals surface area (Å²) in [5.41, 5.74) is 0.608. The maximum absolute atomic E-state index is 5.40. The molecule has 0 spiro atoms. The van der Waals surface area contributed by atoms with Crippen LogP contribution in [0.15, 0.2) is 6.07 Å². The molecule has 0 saturated carbocycles. The number of anilines is 1. The van der Waals surface area contributed by atoms with Gasteiger partial charge in [0, 0.05) is 25.9 Å². The second-order valence-corrected chi connectivity index (χ2v) is 4.28. The predicted molar refractivity (Wildman–Crippen MR) is 65.6 cm³/mol. The molecule has 0 bridgehead atoms. The summed E-state index contributed by atoms with van der Waals surface area (Å²) in [5, 5.41) is 3.06. The molecule has 0 unspecified atom stereocenters. The van der Waals surface area contributed by atoms with Gasteiger partial charge in [-0.15, -0.1) is 0 Å². The molecule has 1 N–H and O–H groups in total. The molecule has 1 aromatic heterocycles. The fourth-order valence-corrected chi connectivity index (χ4v) is 1.37. The summed E-state index contributed by atoms with van der Waals surface area (Å²) in [6.07, 6.45) is 2.04. The molecule has 0 amide bonds. The molecule has 4 nitrogen and oxygen atoms in total. The number of rotatable bonds is 5. The minimum Gasteiger partial charge on any atom is -0.373 e. The first-order valence-corrected chi connectivity index (χ1v) is 5.64. The van der Waals surface area contributed by atoms with Crippen LogP contribution in [0.2, 0.25) is 0 Å². The van der Waals surface area contributed by atoms with Crippen molar-refractivity contribution < 1.29 is 4.74 Å². The second kappa shape index (κ2) is 5.25. The highest BCUT2D eigenvalue weighted by Gasteiger charge is 2.24. The molecule has 0 atom stereocenters. The van der Waals surface area contributed by atoms with Crippen LogP contribution in [0.4, 0.5) is 5.82 Å². The molecule has 0 saturated heterocycles. The van der Waals surface area contributed by atoms with Gasteiger partial charge in [0.05, 0.1) is 0 Å². The summed E-state index contributed by atoms with van der Waals surface area (Å²) in [6.45, 7) is 6.08. The molecule has 4 heteroatoms. The normalized spacial score (nSPS) is 11.6. The maximum Gasteiger partial charge on any atom is 0.162 e. The van der Waals surface area contributed by atoms with Crippen molar-refractivity contribution >= 4 is 5.82 Å². The minimum absolute atomic E-state index is 0.449. The van der Waals surface area contributed by atoms with Crippen LogP contribution in [0.3, 0.4) is 0 Å². The average molecular weight is 223 g/mol. The van der Waals surface area contributed by atoms with Gasteiger partial charge in [-0.2, -0.15) is 0 Å². The molecule has 0 aliphatic carbocycles. The van der Waals surface area contributed by atoms with E-state index in [1.54, 1.807) is 7.11 Å². The molecular formula is C12H21N3O. The molecule has 90 valence electrons. The first-order valence-electron chi connectivity index (χ1n) is 5.64. The van der Waals surface area contributed by atoms with Gasteiger partial charge in [-0.3, -0.25) is 0 Å². The summed E-state index contributed by atoms with van der Waals surface area (Å²) in [4.78, 5) is 8.97. The number of aryl methyl sites for hydroxylation is 1. The van der Waals surface area contributed by atoms with E-state index in [1.807, 2.05) is 27.0 Å². The molecule has 0 aliphatic rings. The van der Waals surface area contributed by atoms with Gasteiger partial charge in [0.25, 0.3) is 0 Å². The Bertz CT molecular complexity index is 350. The van der Waals surface area contributed by atoms with Crippen LogP contribution in [0.25, 0.3) is 0 Å². The standard InChI is InChI=1S/C12H21N3O/c1-6-7-9-8-10(13-4)15-11(14-9)12(2,3)16-5/h8H,6-7H2,1-5H3,(H,13,14,15). The van der Waals surface area contributed by atoms with E-state index in [4.69, 9.17) is 4.74 Å². The van der Waals surface area contributed by atoms with Crippen LogP contribution in [0.1, 0.15) is 38.7 Å². The van der Waals surface area contributed by atoms with E-state index in [2.05, 4.69) is 22.2 Å². The van der Waals surface area contributed by atoms with Crippen molar-refractivity contribution in [3.8, 4) is 0 Å². The number of nitrogens with zero attached hydrogens (tertiary/aromatic N) is 2. The van der Waals surface area contributed by atoms with Gasteiger partial charge in [0.1, 0.15) is 11.4 Å². The monoisotopic (exact) mass is 223 g/mol. The minimum atomic E-state index is -0.449. The SMILES string of the molecule is CCCc1cc(NC)nc(C(C)(C)OC)n1. The fraction of sp³-hybridized carbons (Fsp3) is 0.667. The summed E-state index contributed by atoms with van der Waals surface area (Å²) in [7, 11) is 3.54. The number of hydrogen-bond acceptors (Lipinski definition) is 4. The molecule has 0 aromatic carbocycles. The zero-order valence-corrected chi connectivity index (χ0v) is 10.8.